The Balaban J connectivity index is 1.87. The summed E-state index contributed by atoms with van der Waals surface area (Å²) in [4.78, 5) is 14.6. The Kier molecular flexibility index (Phi) is 4.18. The lowest BCUT2D eigenvalue weighted by atomic mass is 10.1. The Morgan fingerprint density at radius 2 is 2.41 bits per heavy atom. The molecule has 0 saturated heterocycles. The summed E-state index contributed by atoms with van der Waals surface area (Å²) < 4.78 is 0. The summed E-state index contributed by atoms with van der Waals surface area (Å²) in [5.41, 5.74) is 7.04. The first kappa shape index (κ1) is 12.6. The van der Waals surface area contributed by atoms with Crippen LogP contribution in [-0.2, 0) is 24.2 Å². The molecule has 3 N–H and O–H groups in total. The maximum atomic E-state index is 11.8. The summed E-state index contributed by atoms with van der Waals surface area (Å²) in [7, 11) is 0. The quantitative estimate of drug-likeness (QED) is 0.840. The molecule has 1 aromatic rings. The van der Waals surface area contributed by atoms with E-state index >= 15 is 0 Å². The van der Waals surface area contributed by atoms with Gasteiger partial charge in [0.05, 0.1) is 6.54 Å². The number of nitrogens with two attached hydrogens (primary N) is 1. The number of carbonyl (C=O) groups excluding carboxylic acids is 1. The van der Waals surface area contributed by atoms with Gasteiger partial charge >= 0.3 is 0 Å². The fourth-order valence-corrected chi connectivity index (χ4v) is 3.46. The van der Waals surface area contributed by atoms with E-state index in [4.69, 9.17) is 5.73 Å². The van der Waals surface area contributed by atoms with Gasteiger partial charge in [0.1, 0.15) is 0 Å². The number of fused-ring (bicyclic) bond motifs is 1. The predicted octanol–water partition coefficient (Wildman–Crippen LogP) is 1.84. The molecule has 1 aromatic heterocycles. The van der Waals surface area contributed by atoms with Crippen molar-refractivity contribution in [2.24, 2.45) is 11.7 Å². The number of nitrogens with one attached hydrogen (secondary N) is 1. The van der Waals surface area contributed by atoms with Crippen LogP contribution in [0.5, 0.6) is 0 Å². The lowest BCUT2D eigenvalue weighted by Gasteiger charge is -2.11. The maximum absolute atomic E-state index is 11.8. The molecule has 17 heavy (non-hydrogen) atoms. The van der Waals surface area contributed by atoms with Gasteiger partial charge in [-0.25, -0.2) is 0 Å². The predicted molar refractivity (Wildman–Crippen MR) is 71.0 cm³/mol. The summed E-state index contributed by atoms with van der Waals surface area (Å²) >= 11 is 1.84. The van der Waals surface area contributed by atoms with Gasteiger partial charge < -0.3 is 11.1 Å². The SMILES string of the molecule is CCC(CN)C(=O)NCc1cc2c(s1)CCC2. The molecule has 2 rings (SSSR count). The normalized spacial score (nSPS) is 15.6. The number of aryl methyl sites for hydroxylation is 2. The van der Waals surface area contributed by atoms with Gasteiger partial charge in [-0.1, -0.05) is 6.92 Å². The van der Waals surface area contributed by atoms with E-state index in [1.54, 1.807) is 0 Å². The van der Waals surface area contributed by atoms with Crippen molar-refractivity contribution >= 4 is 17.2 Å². The maximum Gasteiger partial charge on any atom is 0.224 e. The molecule has 1 amide bonds. The van der Waals surface area contributed by atoms with Gasteiger partial charge in [0.15, 0.2) is 0 Å². The standard InChI is InChI=1S/C13H20N2OS/c1-2-9(7-14)13(16)15-8-11-6-10-4-3-5-12(10)17-11/h6,9H,2-5,7-8,14H2,1H3,(H,15,16). The van der Waals surface area contributed by atoms with E-state index in [1.807, 2.05) is 18.3 Å². The van der Waals surface area contributed by atoms with Gasteiger partial charge in [0.25, 0.3) is 0 Å². The molecule has 0 aromatic carbocycles. The Morgan fingerprint density at radius 1 is 1.59 bits per heavy atom. The number of rotatable bonds is 5. The van der Waals surface area contributed by atoms with E-state index in [0.717, 1.165) is 6.42 Å². The van der Waals surface area contributed by atoms with Crippen molar-refractivity contribution in [3.8, 4) is 0 Å². The van der Waals surface area contributed by atoms with Crippen LogP contribution in [0.15, 0.2) is 6.07 Å². The average Bonchev–Trinajstić information content (AvgIpc) is 2.88. The molecule has 0 saturated carbocycles. The van der Waals surface area contributed by atoms with Gasteiger partial charge in [-0.2, -0.15) is 0 Å². The second kappa shape index (κ2) is 5.65. The summed E-state index contributed by atoms with van der Waals surface area (Å²) in [6, 6.07) is 2.25. The second-order valence-electron chi connectivity index (χ2n) is 4.57. The molecule has 0 spiro atoms. The zero-order chi connectivity index (χ0) is 12.3. The van der Waals surface area contributed by atoms with Crippen molar-refractivity contribution in [2.45, 2.75) is 39.2 Å². The first-order valence-corrected chi connectivity index (χ1v) is 7.14. The summed E-state index contributed by atoms with van der Waals surface area (Å²) in [5.74, 6) is 0.0466. The summed E-state index contributed by atoms with van der Waals surface area (Å²) in [6.45, 7) is 3.09. The zero-order valence-corrected chi connectivity index (χ0v) is 11.1. The molecule has 0 fully saturated rings. The van der Waals surface area contributed by atoms with E-state index in [-0.39, 0.29) is 11.8 Å². The topological polar surface area (TPSA) is 55.1 Å². The molecular weight excluding hydrogens is 232 g/mol. The third-order valence-corrected chi connectivity index (χ3v) is 4.62. The average molecular weight is 252 g/mol. The van der Waals surface area contributed by atoms with Gasteiger partial charge in [0, 0.05) is 22.2 Å². The van der Waals surface area contributed by atoms with Crippen molar-refractivity contribution in [3.63, 3.8) is 0 Å². The lowest BCUT2D eigenvalue weighted by Crippen LogP contribution is -2.34. The molecule has 0 radical (unpaired) electrons. The van der Waals surface area contributed by atoms with Crippen LogP contribution in [0.25, 0.3) is 0 Å². The van der Waals surface area contributed by atoms with Crippen LogP contribution >= 0.6 is 11.3 Å². The molecule has 0 bridgehead atoms. The Morgan fingerprint density at radius 3 is 3.06 bits per heavy atom. The minimum absolute atomic E-state index is 0.0400. The number of hydrogen-bond acceptors (Lipinski definition) is 3. The van der Waals surface area contributed by atoms with Crippen LogP contribution in [0.3, 0.4) is 0 Å². The van der Waals surface area contributed by atoms with E-state index in [9.17, 15) is 4.79 Å². The van der Waals surface area contributed by atoms with Crippen molar-refractivity contribution in [1.82, 2.24) is 5.32 Å². The van der Waals surface area contributed by atoms with Crippen LogP contribution in [0.4, 0.5) is 0 Å². The minimum atomic E-state index is -0.0400. The molecule has 1 aliphatic rings. The van der Waals surface area contributed by atoms with Crippen LogP contribution < -0.4 is 11.1 Å². The highest BCUT2D eigenvalue weighted by molar-refractivity contribution is 7.12. The van der Waals surface area contributed by atoms with Gasteiger partial charge in [-0.05, 0) is 37.3 Å². The number of thiophene rings is 1. The fraction of sp³-hybridized carbons (Fsp3) is 0.615. The third kappa shape index (κ3) is 2.87. The Bertz CT molecular complexity index is 375. The van der Waals surface area contributed by atoms with Crippen molar-refractivity contribution in [3.05, 3.63) is 21.4 Å². The van der Waals surface area contributed by atoms with Gasteiger partial charge in [-0.3, -0.25) is 4.79 Å². The summed E-state index contributed by atoms with van der Waals surface area (Å²) in [6.07, 6.45) is 4.52. The number of carbonyl (C=O) groups is 1. The fourth-order valence-electron chi connectivity index (χ4n) is 2.26. The number of amides is 1. The molecule has 4 heteroatoms. The third-order valence-electron chi connectivity index (χ3n) is 3.38. The van der Waals surface area contributed by atoms with E-state index in [0.29, 0.717) is 13.1 Å². The molecule has 0 aliphatic heterocycles. The molecule has 1 heterocycles. The summed E-state index contributed by atoms with van der Waals surface area (Å²) in [5, 5.41) is 2.98. The highest BCUT2D eigenvalue weighted by atomic mass is 32.1. The van der Waals surface area contributed by atoms with Crippen LogP contribution in [0.1, 0.15) is 35.1 Å². The minimum Gasteiger partial charge on any atom is -0.351 e. The smallest absolute Gasteiger partial charge is 0.224 e. The highest BCUT2D eigenvalue weighted by Gasteiger charge is 2.17. The van der Waals surface area contributed by atoms with Gasteiger partial charge in [-0.15, -0.1) is 11.3 Å². The first-order chi connectivity index (χ1) is 8.24. The van der Waals surface area contributed by atoms with Crippen molar-refractivity contribution in [2.75, 3.05) is 6.54 Å². The first-order valence-electron chi connectivity index (χ1n) is 6.32. The molecular formula is C13H20N2OS. The molecule has 1 unspecified atom stereocenters. The van der Waals surface area contributed by atoms with Gasteiger partial charge in [0.2, 0.25) is 5.91 Å². The van der Waals surface area contributed by atoms with E-state index in [1.165, 1.54) is 34.6 Å². The van der Waals surface area contributed by atoms with E-state index < -0.39 is 0 Å². The zero-order valence-electron chi connectivity index (χ0n) is 10.3. The Hall–Kier alpha value is -0.870. The molecule has 1 atom stereocenters. The second-order valence-corrected chi connectivity index (χ2v) is 5.79. The van der Waals surface area contributed by atoms with Crippen LogP contribution in [0, 0.1) is 5.92 Å². The number of hydrogen-bond donors (Lipinski definition) is 2. The van der Waals surface area contributed by atoms with Crippen molar-refractivity contribution < 1.29 is 4.79 Å². The highest BCUT2D eigenvalue weighted by Crippen LogP contribution is 2.30. The van der Waals surface area contributed by atoms with Crippen LogP contribution in [-0.4, -0.2) is 12.5 Å². The Labute approximate surface area is 106 Å². The largest absolute Gasteiger partial charge is 0.351 e. The van der Waals surface area contributed by atoms with E-state index in [2.05, 4.69) is 11.4 Å². The lowest BCUT2D eigenvalue weighted by molar-refractivity contribution is -0.124. The monoisotopic (exact) mass is 252 g/mol. The molecule has 1 aliphatic carbocycles. The molecule has 3 nitrogen and oxygen atoms in total. The molecule has 94 valence electrons. The van der Waals surface area contributed by atoms with Crippen molar-refractivity contribution in [1.29, 1.82) is 0 Å². The van der Waals surface area contributed by atoms with Crippen LogP contribution in [0.2, 0.25) is 0 Å².